The zero-order valence-electron chi connectivity index (χ0n) is 19.1. The Morgan fingerprint density at radius 3 is 1.73 bits per heavy atom. The lowest BCUT2D eigenvalue weighted by Crippen LogP contribution is -2.12. The minimum atomic E-state index is 0.109. The maximum atomic E-state index is 11.0. The second kappa shape index (κ2) is 8.79. The first kappa shape index (κ1) is 22.1. The monoisotopic (exact) mass is 441 g/mol. The summed E-state index contributed by atoms with van der Waals surface area (Å²) in [5.74, 6) is 1.37. The lowest BCUT2D eigenvalue weighted by atomic mass is 10.1. The van der Waals surface area contributed by atoms with Crippen LogP contribution in [0.5, 0.6) is 28.7 Å². The Labute approximate surface area is 193 Å². The van der Waals surface area contributed by atoms with E-state index in [0.29, 0.717) is 39.7 Å². The number of hydrogen-bond acceptors (Lipinski definition) is 5. The topological polar surface area (TPSA) is 73.2 Å². The van der Waals surface area contributed by atoms with Crippen LogP contribution in [-0.2, 0) is 0 Å². The maximum Gasteiger partial charge on any atom is 0.151 e. The zero-order valence-corrected chi connectivity index (χ0v) is 19.1. The molecule has 0 aromatic heterocycles. The molecule has 168 valence electrons. The fourth-order valence-electron chi connectivity index (χ4n) is 3.80. The van der Waals surface area contributed by atoms with Gasteiger partial charge in [-0.1, -0.05) is 36.4 Å². The SMILES string of the molecule is Cc1cc(O)cc(Oc2ccccc2N(c2cccc(C)c2O)c2cccc(C)c2O)c1C. The van der Waals surface area contributed by atoms with Crippen LogP contribution in [0.15, 0.2) is 72.8 Å². The Balaban J connectivity index is 1.95. The number of rotatable bonds is 5. The van der Waals surface area contributed by atoms with Gasteiger partial charge in [0.15, 0.2) is 5.75 Å². The number of hydrogen-bond donors (Lipinski definition) is 3. The van der Waals surface area contributed by atoms with Crippen molar-refractivity contribution in [3.05, 3.63) is 95.1 Å². The Kier molecular flexibility index (Phi) is 5.88. The number of ether oxygens (including phenoxy) is 1. The Morgan fingerprint density at radius 1 is 0.576 bits per heavy atom. The molecular weight excluding hydrogens is 414 g/mol. The van der Waals surface area contributed by atoms with E-state index in [1.807, 2.05) is 76.2 Å². The average molecular weight is 442 g/mol. The van der Waals surface area contributed by atoms with Crippen molar-refractivity contribution in [2.24, 2.45) is 0 Å². The van der Waals surface area contributed by atoms with Gasteiger partial charge in [-0.25, -0.2) is 0 Å². The fourth-order valence-corrected chi connectivity index (χ4v) is 3.80. The van der Waals surface area contributed by atoms with Crippen molar-refractivity contribution in [3.8, 4) is 28.7 Å². The lowest BCUT2D eigenvalue weighted by molar-refractivity contribution is 0.452. The van der Waals surface area contributed by atoms with Gasteiger partial charge in [-0.2, -0.15) is 0 Å². The van der Waals surface area contributed by atoms with Gasteiger partial charge in [0.2, 0.25) is 0 Å². The largest absolute Gasteiger partial charge is 0.508 e. The number of benzene rings is 4. The molecule has 0 aliphatic carbocycles. The molecule has 33 heavy (non-hydrogen) atoms. The molecule has 0 aliphatic rings. The van der Waals surface area contributed by atoms with E-state index in [1.165, 1.54) is 0 Å². The molecule has 0 atom stereocenters. The van der Waals surface area contributed by atoms with Crippen molar-refractivity contribution in [2.45, 2.75) is 27.7 Å². The normalized spacial score (nSPS) is 10.8. The van der Waals surface area contributed by atoms with Gasteiger partial charge < -0.3 is 20.1 Å². The fraction of sp³-hybridized carbons (Fsp3) is 0.143. The first-order valence-electron chi connectivity index (χ1n) is 10.7. The minimum Gasteiger partial charge on any atom is -0.508 e. The van der Waals surface area contributed by atoms with Crippen molar-refractivity contribution < 1.29 is 20.1 Å². The third-order valence-corrected chi connectivity index (χ3v) is 5.85. The average Bonchev–Trinajstić information content (AvgIpc) is 2.78. The molecule has 0 fully saturated rings. The number of phenolic OH excluding ortho intramolecular Hbond substituents is 3. The van der Waals surface area contributed by atoms with E-state index >= 15 is 0 Å². The molecule has 0 unspecified atom stereocenters. The molecule has 0 amide bonds. The van der Waals surface area contributed by atoms with Crippen molar-refractivity contribution >= 4 is 17.1 Å². The molecular formula is C28H27NO4. The second-order valence-corrected chi connectivity index (χ2v) is 8.18. The van der Waals surface area contributed by atoms with Gasteiger partial charge in [-0.3, -0.25) is 4.90 Å². The smallest absolute Gasteiger partial charge is 0.151 e. The number of aromatic hydroxyl groups is 3. The summed E-state index contributed by atoms with van der Waals surface area (Å²) in [6, 6.07) is 21.6. The van der Waals surface area contributed by atoms with Crippen molar-refractivity contribution in [3.63, 3.8) is 0 Å². The van der Waals surface area contributed by atoms with Crippen LogP contribution in [0.1, 0.15) is 22.3 Å². The molecule has 5 heteroatoms. The predicted molar refractivity (Wildman–Crippen MR) is 132 cm³/mol. The summed E-state index contributed by atoms with van der Waals surface area (Å²) >= 11 is 0. The first-order chi connectivity index (χ1) is 15.8. The highest BCUT2D eigenvalue weighted by atomic mass is 16.5. The number of phenols is 3. The van der Waals surface area contributed by atoms with E-state index in [1.54, 1.807) is 29.2 Å². The molecule has 0 aliphatic heterocycles. The summed E-state index contributed by atoms with van der Waals surface area (Å²) in [7, 11) is 0. The van der Waals surface area contributed by atoms with Crippen LogP contribution in [0, 0.1) is 27.7 Å². The molecule has 4 aromatic carbocycles. The molecule has 0 radical (unpaired) electrons. The van der Waals surface area contributed by atoms with Gasteiger partial charge in [-0.15, -0.1) is 0 Å². The van der Waals surface area contributed by atoms with Crippen molar-refractivity contribution in [1.29, 1.82) is 0 Å². The van der Waals surface area contributed by atoms with Crippen molar-refractivity contribution in [1.82, 2.24) is 0 Å². The molecule has 0 heterocycles. The summed E-state index contributed by atoms with van der Waals surface area (Å²) in [6.45, 7) is 7.50. The van der Waals surface area contributed by atoms with Crippen molar-refractivity contribution in [2.75, 3.05) is 4.90 Å². The van der Waals surface area contributed by atoms with Gasteiger partial charge in [0.05, 0.1) is 17.1 Å². The molecule has 3 N–H and O–H groups in total. The third-order valence-electron chi connectivity index (χ3n) is 5.85. The van der Waals surface area contributed by atoms with E-state index in [2.05, 4.69) is 0 Å². The second-order valence-electron chi connectivity index (χ2n) is 8.18. The summed E-state index contributed by atoms with van der Waals surface area (Å²) < 4.78 is 6.30. The summed E-state index contributed by atoms with van der Waals surface area (Å²) in [4.78, 5) is 1.78. The lowest BCUT2D eigenvalue weighted by Gasteiger charge is -2.29. The molecule has 0 saturated carbocycles. The molecule has 0 spiro atoms. The van der Waals surface area contributed by atoms with Crippen LogP contribution in [-0.4, -0.2) is 15.3 Å². The van der Waals surface area contributed by atoms with Gasteiger partial charge in [0, 0.05) is 6.07 Å². The third kappa shape index (κ3) is 4.17. The van der Waals surface area contributed by atoms with Gasteiger partial charge in [0.25, 0.3) is 0 Å². The minimum absolute atomic E-state index is 0.109. The zero-order chi connectivity index (χ0) is 23.7. The number of para-hydroxylation sites is 4. The van der Waals surface area contributed by atoms with Crippen LogP contribution in [0.3, 0.4) is 0 Å². The van der Waals surface area contributed by atoms with E-state index in [-0.39, 0.29) is 17.2 Å². The molecule has 4 rings (SSSR count). The highest BCUT2D eigenvalue weighted by Crippen LogP contribution is 2.48. The standard InChI is InChI=1S/C28H27NO4/c1-17-9-7-12-23(27(17)31)29(24-13-8-10-18(2)28(24)32)22-11-5-6-14-25(22)33-26-16-21(30)15-19(3)20(26)4/h5-16,30-32H,1-4H3. The number of anilines is 3. The van der Waals surface area contributed by atoms with Crippen LogP contribution < -0.4 is 9.64 Å². The Bertz CT molecular complexity index is 1280. The van der Waals surface area contributed by atoms with Crippen LogP contribution in [0.25, 0.3) is 0 Å². The van der Waals surface area contributed by atoms with E-state index < -0.39 is 0 Å². The van der Waals surface area contributed by atoms with Crippen LogP contribution >= 0.6 is 0 Å². The van der Waals surface area contributed by atoms with E-state index in [0.717, 1.165) is 11.1 Å². The van der Waals surface area contributed by atoms with Crippen LogP contribution in [0.2, 0.25) is 0 Å². The molecule has 4 aromatic rings. The summed E-state index contributed by atoms with van der Waals surface area (Å²) in [5.41, 5.74) is 4.88. The highest BCUT2D eigenvalue weighted by molar-refractivity contribution is 5.86. The van der Waals surface area contributed by atoms with Gasteiger partial charge >= 0.3 is 0 Å². The summed E-state index contributed by atoms with van der Waals surface area (Å²) in [5, 5.41) is 32.0. The van der Waals surface area contributed by atoms with Gasteiger partial charge in [-0.05, 0) is 80.3 Å². The Hall–Kier alpha value is -4.12. The maximum absolute atomic E-state index is 11.0. The Morgan fingerprint density at radius 2 is 1.12 bits per heavy atom. The predicted octanol–water partition coefficient (Wildman–Crippen LogP) is 7.30. The van der Waals surface area contributed by atoms with E-state index in [9.17, 15) is 15.3 Å². The molecule has 5 nitrogen and oxygen atoms in total. The van der Waals surface area contributed by atoms with E-state index in [4.69, 9.17) is 4.74 Å². The quantitative estimate of drug-likeness (QED) is 0.303. The van der Waals surface area contributed by atoms with Crippen LogP contribution in [0.4, 0.5) is 17.1 Å². The highest BCUT2D eigenvalue weighted by Gasteiger charge is 2.24. The number of aryl methyl sites for hydroxylation is 3. The first-order valence-corrected chi connectivity index (χ1v) is 10.7. The summed E-state index contributed by atoms with van der Waals surface area (Å²) in [6.07, 6.45) is 0. The number of nitrogens with zero attached hydrogens (tertiary/aromatic N) is 1. The van der Waals surface area contributed by atoms with Gasteiger partial charge in [0.1, 0.15) is 23.0 Å². The molecule has 0 saturated heterocycles. The molecule has 0 bridgehead atoms.